The Labute approximate surface area is 219 Å². The molecule has 6 aromatic rings. The molecule has 38 heavy (non-hydrogen) atoms. The summed E-state index contributed by atoms with van der Waals surface area (Å²) < 4.78 is 0. The maximum atomic E-state index is 9.38. The number of hydrogen-bond donors (Lipinski definition) is 6. The van der Waals surface area contributed by atoms with Crippen molar-refractivity contribution in [2.75, 3.05) is 0 Å². The quantitative estimate of drug-likeness (QED) is 0.140. The number of aromatic hydroxyl groups is 6. The van der Waals surface area contributed by atoms with Crippen LogP contribution in [-0.4, -0.2) is 30.6 Å². The van der Waals surface area contributed by atoms with Crippen molar-refractivity contribution in [3.05, 3.63) is 121 Å². The van der Waals surface area contributed by atoms with Gasteiger partial charge in [0.2, 0.25) is 0 Å². The number of hydrogen-bond acceptors (Lipinski definition) is 6. The fourth-order valence-corrected chi connectivity index (χ4v) is 3.81. The minimum absolute atomic E-state index is 0.198. The summed E-state index contributed by atoms with van der Waals surface area (Å²) in [7, 11) is 0. The van der Waals surface area contributed by atoms with Gasteiger partial charge < -0.3 is 30.6 Å². The van der Waals surface area contributed by atoms with E-state index in [2.05, 4.69) is 0 Å². The normalized spacial score (nSPS) is 10.2. The number of phenolic OH excluding ortho intramolecular Hbond substituents is 6. The first-order valence-electron chi connectivity index (χ1n) is 11.7. The summed E-state index contributed by atoms with van der Waals surface area (Å²) in [5.74, 6) is 1.40. The lowest BCUT2D eigenvalue weighted by atomic mass is 10.1. The molecule has 0 radical (unpaired) electrons. The highest BCUT2D eigenvalue weighted by Gasteiger charge is 2.01. The van der Waals surface area contributed by atoms with Crippen molar-refractivity contribution in [1.29, 1.82) is 0 Å². The Morgan fingerprint density at radius 1 is 0.316 bits per heavy atom. The highest BCUT2D eigenvalue weighted by atomic mass is 16.3. The van der Waals surface area contributed by atoms with Gasteiger partial charge >= 0.3 is 0 Å². The van der Waals surface area contributed by atoms with E-state index in [0.717, 1.165) is 21.9 Å². The third-order valence-corrected chi connectivity index (χ3v) is 5.75. The minimum Gasteiger partial charge on any atom is -0.508 e. The molecule has 0 aromatic heterocycles. The minimum atomic E-state index is 0.198. The van der Waals surface area contributed by atoms with Crippen LogP contribution in [0.2, 0.25) is 0 Å². The van der Waals surface area contributed by atoms with Crippen molar-refractivity contribution in [2.45, 2.75) is 0 Å². The fraction of sp³-hybridized carbons (Fsp3) is 0. The topological polar surface area (TPSA) is 121 Å². The highest BCUT2D eigenvalue weighted by Crippen LogP contribution is 2.30. The second-order valence-corrected chi connectivity index (χ2v) is 8.46. The second-order valence-electron chi connectivity index (χ2n) is 8.46. The number of benzene rings is 6. The van der Waals surface area contributed by atoms with Crippen LogP contribution < -0.4 is 0 Å². The predicted octanol–water partition coefficient (Wildman–Crippen LogP) is 7.27. The molecule has 0 bridgehead atoms. The molecule has 6 N–H and O–H groups in total. The summed E-state index contributed by atoms with van der Waals surface area (Å²) >= 11 is 0. The molecule has 0 saturated heterocycles. The van der Waals surface area contributed by atoms with Crippen LogP contribution >= 0.6 is 0 Å². The summed E-state index contributed by atoms with van der Waals surface area (Å²) in [6.07, 6.45) is 0. The molecule has 6 rings (SSSR count). The smallest absolute Gasteiger partial charge is 0.123 e. The van der Waals surface area contributed by atoms with E-state index in [1.165, 1.54) is 0 Å². The molecule has 6 aromatic carbocycles. The van der Waals surface area contributed by atoms with E-state index in [-0.39, 0.29) is 34.5 Å². The van der Waals surface area contributed by atoms with Gasteiger partial charge in [-0.15, -0.1) is 0 Å². The van der Waals surface area contributed by atoms with Crippen molar-refractivity contribution in [2.24, 2.45) is 0 Å². The molecule has 6 heteroatoms. The Morgan fingerprint density at radius 2 is 0.658 bits per heavy atom. The van der Waals surface area contributed by atoms with Crippen LogP contribution in [0.4, 0.5) is 0 Å². The lowest BCUT2D eigenvalue weighted by Gasteiger charge is -2.01. The van der Waals surface area contributed by atoms with Crippen LogP contribution in [-0.2, 0) is 0 Å². The monoisotopic (exact) mass is 506 g/mol. The molecule has 6 nitrogen and oxygen atoms in total. The van der Waals surface area contributed by atoms with Gasteiger partial charge in [-0.05, 0) is 82.6 Å². The van der Waals surface area contributed by atoms with Crippen molar-refractivity contribution in [3.8, 4) is 45.6 Å². The summed E-state index contributed by atoms with van der Waals surface area (Å²) in [6.45, 7) is 0. The zero-order valence-corrected chi connectivity index (χ0v) is 20.2. The molecule has 0 aliphatic heterocycles. The Hall–Kier alpha value is -5.36. The molecule has 0 unspecified atom stereocenters. The van der Waals surface area contributed by atoms with Gasteiger partial charge in [-0.3, -0.25) is 0 Å². The SMILES string of the molecule is Oc1ccc(-c2ccc(O)cc2)cc1.Oc1ccc2cc(O)ccc2c1.Oc1cccc2c(O)cccc12. The van der Waals surface area contributed by atoms with Gasteiger partial charge in [0.05, 0.1) is 0 Å². The van der Waals surface area contributed by atoms with Gasteiger partial charge in [-0.25, -0.2) is 0 Å². The van der Waals surface area contributed by atoms with Gasteiger partial charge in [-0.2, -0.15) is 0 Å². The predicted molar refractivity (Wildman–Crippen MR) is 150 cm³/mol. The number of rotatable bonds is 1. The molecular formula is C32H26O6. The van der Waals surface area contributed by atoms with Crippen molar-refractivity contribution < 1.29 is 30.6 Å². The maximum Gasteiger partial charge on any atom is 0.123 e. The molecule has 0 aliphatic rings. The number of fused-ring (bicyclic) bond motifs is 2. The van der Waals surface area contributed by atoms with Gasteiger partial charge in [0.15, 0.2) is 0 Å². The Morgan fingerprint density at radius 3 is 1.03 bits per heavy atom. The van der Waals surface area contributed by atoms with Crippen LogP contribution in [0, 0.1) is 0 Å². The highest BCUT2D eigenvalue weighted by molar-refractivity contribution is 5.92. The Balaban J connectivity index is 0.000000133. The number of phenols is 6. The average molecular weight is 507 g/mol. The lowest BCUT2D eigenvalue weighted by molar-refractivity contribution is 0.474. The third kappa shape index (κ3) is 6.44. The Kier molecular flexibility index (Phi) is 7.84. The zero-order chi connectivity index (χ0) is 27.1. The average Bonchev–Trinajstić information content (AvgIpc) is 2.91. The van der Waals surface area contributed by atoms with Crippen LogP contribution in [0.15, 0.2) is 121 Å². The van der Waals surface area contributed by atoms with Crippen LogP contribution in [0.3, 0.4) is 0 Å². The molecule has 0 spiro atoms. The first kappa shape index (κ1) is 25.7. The largest absolute Gasteiger partial charge is 0.508 e. The molecule has 0 saturated carbocycles. The standard InChI is InChI=1S/C12H10O2.2C10H8O2/c13-11-5-1-9(2-6-11)10-3-7-12(14)8-4-10;11-9-3-1-7-5-10(12)4-2-8(7)6-9;11-9-5-1-3-7-8(9)4-2-6-10(7)12/h1-8,13-14H;2*1-6,11-12H. The van der Waals surface area contributed by atoms with E-state index < -0.39 is 0 Å². The Bertz CT molecular complexity index is 1530. The first-order valence-corrected chi connectivity index (χ1v) is 11.7. The zero-order valence-electron chi connectivity index (χ0n) is 20.2. The molecular weight excluding hydrogens is 480 g/mol. The molecule has 0 aliphatic carbocycles. The molecule has 0 amide bonds. The van der Waals surface area contributed by atoms with Crippen LogP contribution in [0.5, 0.6) is 34.5 Å². The molecule has 0 atom stereocenters. The molecule has 190 valence electrons. The summed E-state index contributed by atoms with van der Waals surface area (Å²) in [6, 6.07) is 34.1. The van der Waals surface area contributed by atoms with Gasteiger partial charge in [0.1, 0.15) is 34.5 Å². The van der Waals surface area contributed by atoms with Crippen LogP contribution in [0.25, 0.3) is 32.7 Å². The van der Waals surface area contributed by atoms with E-state index in [9.17, 15) is 10.2 Å². The molecule has 0 heterocycles. The van der Waals surface area contributed by atoms with E-state index in [1.807, 2.05) is 24.3 Å². The van der Waals surface area contributed by atoms with E-state index >= 15 is 0 Å². The summed E-state index contributed by atoms with van der Waals surface area (Å²) in [5, 5.41) is 58.5. The summed E-state index contributed by atoms with van der Waals surface area (Å²) in [4.78, 5) is 0. The van der Waals surface area contributed by atoms with E-state index in [1.54, 1.807) is 97.1 Å². The maximum absolute atomic E-state index is 9.38. The van der Waals surface area contributed by atoms with E-state index in [0.29, 0.717) is 10.8 Å². The van der Waals surface area contributed by atoms with Gasteiger partial charge in [0, 0.05) is 10.8 Å². The summed E-state index contributed by atoms with van der Waals surface area (Å²) in [5.41, 5.74) is 2.03. The van der Waals surface area contributed by atoms with Crippen molar-refractivity contribution >= 4 is 21.5 Å². The van der Waals surface area contributed by atoms with Gasteiger partial charge in [0.25, 0.3) is 0 Å². The van der Waals surface area contributed by atoms with Crippen LogP contribution in [0.1, 0.15) is 0 Å². The van der Waals surface area contributed by atoms with E-state index in [4.69, 9.17) is 20.4 Å². The van der Waals surface area contributed by atoms with Crippen molar-refractivity contribution in [3.63, 3.8) is 0 Å². The molecule has 0 fully saturated rings. The van der Waals surface area contributed by atoms with Crippen molar-refractivity contribution in [1.82, 2.24) is 0 Å². The lowest BCUT2D eigenvalue weighted by Crippen LogP contribution is -1.75. The first-order chi connectivity index (χ1) is 18.3. The van der Waals surface area contributed by atoms with Gasteiger partial charge in [-0.1, -0.05) is 60.7 Å². The third-order valence-electron chi connectivity index (χ3n) is 5.75. The second kappa shape index (κ2) is 11.6. The fourth-order valence-electron chi connectivity index (χ4n) is 3.81.